The molecule has 0 fully saturated rings. The fraction of sp³-hybridized carbons (Fsp3) is 1.00. The first-order valence-corrected chi connectivity index (χ1v) is 23.7. The Bertz CT molecular complexity index is 318. The number of hydrogen-bond donors (Lipinski definition) is 0. The van der Waals surface area contributed by atoms with E-state index in [0.717, 1.165) is 23.7 Å². The molecule has 0 rings (SSSR count). The molecule has 0 amide bonds. The quantitative estimate of drug-likeness (QED) is 0.0799. The molecule has 0 saturated heterocycles. The van der Waals surface area contributed by atoms with E-state index in [0.29, 0.717) is 0 Å². The van der Waals surface area contributed by atoms with Gasteiger partial charge in [-0.1, -0.05) is 0 Å². The van der Waals surface area contributed by atoms with E-state index < -0.39 is 18.4 Å². The zero-order chi connectivity index (χ0) is 25.0. The van der Waals surface area contributed by atoms with Crippen LogP contribution < -0.4 is 0 Å². The third-order valence-corrected chi connectivity index (χ3v) is 24.1. The Hall–Kier alpha value is 0.799. The Morgan fingerprint density at radius 3 is 0.697 bits per heavy atom. The van der Waals surface area contributed by atoms with Crippen molar-refractivity contribution in [2.24, 2.45) is 23.7 Å². The minimum absolute atomic E-state index is 0.890. The molecule has 33 heavy (non-hydrogen) atoms. The van der Waals surface area contributed by atoms with E-state index in [1.54, 1.807) is 43.4 Å². The van der Waals surface area contributed by atoms with Crippen molar-refractivity contribution in [1.82, 2.24) is 0 Å². The fourth-order valence-corrected chi connectivity index (χ4v) is 21.4. The Kier molecular flexibility index (Phi) is 22.6. The Morgan fingerprint density at radius 2 is 0.515 bits per heavy atom. The Balaban J connectivity index is 4.87. The molecule has 0 spiro atoms. The molecule has 0 saturated carbocycles. The number of unbranched alkanes of at least 4 members (excludes halogenated alkanes) is 8. The van der Waals surface area contributed by atoms with Crippen molar-refractivity contribution in [3.63, 3.8) is 0 Å². The van der Waals surface area contributed by atoms with Crippen LogP contribution in [-0.4, -0.2) is 18.4 Å². The van der Waals surface area contributed by atoms with Gasteiger partial charge in [-0.15, -0.1) is 0 Å². The van der Waals surface area contributed by atoms with Crippen molar-refractivity contribution in [3.05, 3.63) is 0 Å². The molecule has 200 valence electrons. The molecular formula is C32H68Sn. The van der Waals surface area contributed by atoms with E-state index in [9.17, 15) is 0 Å². The van der Waals surface area contributed by atoms with Crippen LogP contribution in [0.2, 0.25) is 17.7 Å². The predicted octanol–water partition coefficient (Wildman–Crippen LogP) is 12.3. The van der Waals surface area contributed by atoms with Gasteiger partial charge < -0.3 is 0 Å². The average Bonchev–Trinajstić information content (AvgIpc) is 2.71. The number of hydrogen-bond acceptors (Lipinski definition) is 0. The molecule has 1 heteroatoms. The van der Waals surface area contributed by atoms with Crippen molar-refractivity contribution in [2.45, 2.75) is 176 Å². The van der Waals surface area contributed by atoms with Crippen LogP contribution in [0.25, 0.3) is 0 Å². The monoisotopic (exact) mass is 572 g/mol. The molecule has 0 unspecified atom stereocenters. The van der Waals surface area contributed by atoms with Gasteiger partial charge in [0.15, 0.2) is 0 Å². The van der Waals surface area contributed by atoms with E-state index in [1.807, 2.05) is 0 Å². The Labute approximate surface area is 217 Å². The molecule has 0 aromatic rings. The van der Waals surface area contributed by atoms with Crippen LogP contribution in [0.15, 0.2) is 0 Å². The topological polar surface area (TPSA) is 0 Å². The molecule has 0 bridgehead atoms. The summed E-state index contributed by atoms with van der Waals surface area (Å²) in [5.41, 5.74) is 0. The second-order valence-corrected chi connectivity index (χ2v) is 27.7. The van der Waals surface area contributed by atoms with Gasteiger partial charge in [-0.25, -0.2) is 0 Å². The van der Waals surface area contributed by atoms with E-state index in [1.165, 1.54) is 77.0 Å². The third-order valence-electron chi connectivity index (χ3n) is 7.95. The van der Waals surface area contributed by atoms with Gasteiger partial charge in [-0.3, -0.25) is 0 Å². The summed E-state index contributed by atoms with van der Waals surface area (Å²) >= 11 is -2.01. The van der Waals surface area contributed by atoms with E-state index in [2.05, 4.69) is 55.4 Å². The van der Waals surface area contributed by atoms with Gasteiger partial charge in [-0.05, 0) is 0 Å². The molecule has 0 atom stereocenters. The second-order valence-electron chi connectivity index (χ2n) is 13.5. The summed E-state index contributed by atoms with van der Waals surface area (Å²) in [5.74, 6) is 3.56. The molecule has 0 nitrogen and oxygen atoms in total. The van der Waals surface area contributed by atoms with Crippen LogP contribution in [0.3, 0.4) is 0 Å². The molecular weight excluding hydrogens is 503 g/mol. The summed E-state index contributed by atoms with van der Waals surface area (Å²) in [5, 5.41) is 0. The zero-order valence-corrected chi connectivity index (χ0v) is 27.8. The molecule has 0 N–H and O–H groups in total. The van der Waals surface area contributed by atoms with Gasteiger partial charge in [0.2, 0.25) is 0 Å². The SMILES string of the molecule is CC(C)CCCC[CH2][Sn]([CH2]CCCCC(C)C)([CH2]CCCCC(C)C)[CH2]CCCCC(C)C. The van der Waals surface area contributed by atoms with Crippen LogP contribution in [0, 0.1) is 23.7 Å². The fourth-order valence-electron chi connectivity index (χ4n) is 5.67. The molecule has 0 heterocycles. The van der Waals surface area contributed by atoms with Crippen LogP contribution in [0.4, 0.5) is 0 Å². The third kappa shape index (κ3) is 23.0. The van der Waals surface area contributed by atoms with E-state index in [-0.39, 0.29) is 0 Å². The van der Waals surface area contributed by atoms with Crippen LogP contribution in [0.5, 0.6) is 0 Å². The molecule has 0 aliphatic carbocycles. The van der Waals surface area contributed by atoms with Gasteiger partial charge in [0, 0.05) is 0 Å². The summed E-state index contributed by atoms with van der Waals surface area (Å²) in [7, 11) is 0. The average molecular weight is 572 g/mol. The molecule has 0 aliphatic heterocycles. The van der Waals surface area contributed by atoms with Gasteiger partial charge in [0.05, 0.1) is 0 Å². The van der Waals surface area contributed by atoms with Crippen LogP contribution in [-0.2, 0) is 0 Å². The predicted molar refractivity (Wildman–Crippen MR) is 158 cm³/mol. The van der Waals surface area contributed by atoms with Crippen LogP contribution in [0.1, 0.15) is 158 Å². The van der Waals surface area contributed by atoms with Crippen molar-refractivity contribution >= 4 is 18.4 Å². The first-order chi connectivity index (χ1) is 15.7. The van der Waals surface area contributed by atoms with Crippen molar-refractivity contribution in [2.75, 3.05) is 0 Å². The summed E-state index contributed by atoms with van der Waals surface area (Å²) in [4.78, 5) is 0. The van der Waals surface area contributed by atoms with Crippen molar-refractivity contribution in [3.8, 4) is 0 Å². The first-order valence-electron chi connectivity index (χ1n) is 15.7. The summed E-state index contributed by atoms with van der Waals surface area (Å²) in [6, 6.07) is 0. The summed E-state index contributed by atoms with van der Waals surface area (Å²) in [6.45, 7) is 19.2. The van der Waals surface area contributed by atoms with E-state index in [4.69, 9.17) is 0 Å². The molecule has 0 radical (unpaired) electrons. The number of rotatable bonds is 24. The summed E-state index contributed by atoms with van der Waals surface area (Å²) in [6.07, 6.45) is 24.1. The summed E-state index contributed by atoms with van der Waals surface area (Å²) < 4.78 is 6.91. The first kappa shape index (κ1) is 33.8. The zero-order valence-electron chi connectivity index (χ0n) is 25.0. The minimum atomic E-state index is -2.01. The van der Waals surface area contributed by atoms with Gasteiger partial charge >= 0.3 is 218 Å². The maximum absolute atomic E-state index is 2.40. The molecule has 0 aliphatic rings. The normalized spacial score (nSPS) is 12.7. The van der Waals surface area contributed by atoms with Gasteiger partial charge in [0.1, 0.15) is 0 Å². The second kappa shape index (κ2) is 22.0. The van der Waals surface area contributed by atoms with Crippen molar-refractivity contribution < 1.29 is 0 Å². The molecule has 0 aromatic carbocycles. The van der Waals surface area contributed by atoms with E-state index >= 15 is 0 Å². The Morgan fingerprint density at radius 1 is 0.303 bits per heavy atom. The van der Waals surface area contributed by atoms with Gasteiger partial charge in [-0.2, -0.15) is 0 Å². The van der Waals surface area contributed by atoms with Gasteiger partial charge in [0.25, 0.3) is 0 Å². The van der Waals surface area contributed by atoms with Crippen LogP contribution >= 0.6 is 0 Å². The standard InChI is InChI=1S/4C8H17.Sn/c4*1-4-5-6-7-8(2)3;/h4*8H,1,4-7H2,2-3H3;. The van der Waals surface area contributed by atoms with Crippen molar-refractivity contribution in [1.29, 1.82) is 0 Å². The molecule has 0 aromatic heterocycles. The maximum atomic E-state index is 2.40.